The summed E-state index contributed by atoms with van der Waals surface area (Å²) >= 11 is 0. The van der Waals surface area contributed by atoms with E-state index in [1.807, 2.05) is 6.07 Å². The molecule has 0 amide bonds. The van der Waals surface area contributed by atoms with E-state index in [0.29, 0.717) is 12.4 Å². The maximum Gasteiger partial charge on any atom is 0.320 e. The summed E-state index contributed by atoms with van der Waals surface area (Å²) in [6, 6.07) is 6.18. The first-order valence-corrected chi connectivity index (χ1v) is 6.59. The molecule has 7 heteroatoms. The van der Waals surface area contributed by atoms with E-state index in [1.165, 1.54) is 0 Å². The Morgan fingerprint density at radius 3 is 2.81 bits per heavy atom. The van der Waals surface area contributed by atoms with E-state index < -0.39 is 18.1 Å². The summed E-state index contributed by atoms with van der Waals surface area (Å²) in [6.45, 7) is 0.217. The van der Waals surface area contributed by atoms with E-state index in [-0.39, 0.29) is 26.2 Å². The first-order chi connectivity index (χ1) is 10.0. The SMILES string of the molecule is NC(CCOCc1cccc(OCC(O)CO)c1)C(=O)O. The highest BCUT2D eigenvalue weighted by Crippen LogP contribution is 2.14. The van der Waals surface area contributed by atoms with Crippen LogP contribution in [0.15, 0.2) is 24.3 Å². The molecule has 0 saturated heterocycles. The average Bonchev–Trinajstić information content (AvgIpc) is 2.49. The number of nitrogens with two attached hydrogens (primary N) is 1. The standard InChI is InChI=1S/C14H21NO6/c15-13(14(18)19)4-5-20-8-10-2-1-3-12(6-10)21-9-11(17)7-16/h1-3,6,11,13,16-17H,4-5,7-9,15H2,(H,18,19). The minimum Gasteiger partial charge on any atom is -0.491 e. The summed E-state index contributed by atoms with van der Waals surface area (Å²) in [7, 11) is 0. The van der Waals surface area contributed by atoms with Gasteiger partial charge >= 0.3 is 5.97 Å². The number of aliphatic hydroxyl groups is 2. The van der Waals surface area contributed by atoms with Gasteiger partial charge in [-0.1, -0.05) is 12.1 Å². The highest BCUT2D eigenvalue weighted by Gasteiger charge is 2.10. The van der Waals surface area contributed by atoms with Gasteiger partial charge in [0.25, 0.3) is 0 Å². The van der Waals surface area contributed by atoms with Crippen molar-refractivity contribution < 1.29 is 29.6 Å². The lowest BCUT2D eigenvalue weighted by atomic mass is 10.2. The summed E-state index contributed by atoms with van der Waals surface area (Å²) in [6.07, 6.45) is -0.670. The predicted octanol–water partition coefficient (Wildman–Crippen LogP) is -0.263. The Kier molecular flexibility index (Phi) is 7.70. The Morgan fingerprint density at radius 2 is 2.14 bits per heavy atom. The highest BCUT2D eigenvalue weighted by atomic mass is 16.5. The van der Waals surface area contributed by atoms with Crippen molar-refractivity contribution in [2.75, 3.05) is 19.8 Å². The molecule has 0 aliphatic heterocycles. The van der Waals surface area contributed by atoms with Crippen LogP contribution in [0.4, 0.5) is 0 Å². The fourth-order valence-corrected chi connectivity index (χ4v) is 1.49. The molecule has 1 rings (SSSR count). The fraction of sp³-hybridized carbons (Fsp3) is 0.500. The van der Waals surface area contributed by atoms with Crippen molar-refractivity contribution in [2.24, 2.45) is 5.73 Å². The number of rotatable bonds is 10. The second kappa shape index (κ2) is 9.30. The molecule has 7 nitrogen and oxygen atoms in total. The van der Waals surface area contributed by atoms with Gasteiger partial charge in [0.05, 0.1) is 13.2 Å². The zero-order chi connectivity index (χ0) is 15.7. The van der Waals surface area contributed by atoms with Crippen molar-refractivity contribution in [1.29, 1.82) is 0 Å². The smallest absolute Gasteiger partial charge is 0.320 e. The van der Waals surface area contributed by atoms with Gasteiger partial charge in [0.15, 0.2) is 0 Å². The molecule has 118 valence electrons. The number of hydrogen-bond donors (Lipinski definition) is 4. The molecule has 2 atom stereocenters. The summed E-state index contributed by atoms with van der Waals surface area (Å²) in [4.78, 5) is 10.5. The third kappa shape index (κ3) is 7.05. The van der Waals surface area contributed by atoms with Crippen LogP contribution in [-0.4, -0.2) is 53.3 Å². The molecular formula is C14H21NO6. The molecule has 21 heavy (non-hydrogen) atoms. The molecule has 0 aliphatic carbocycles. The molecule has 1 aromatic carbocycles. The number of ether oxygens (including phenoxy) is 2. The Labute approximate surface area is 122 Å². The fourth-order valence-electron chi connectivity index (χ4n) is 1.49. The van der Waals surface area contributed by atoms with Crippen LogP contribution in [0.5, 0.6) is 5.75 Å². The van der Waals surface area contributed by atoms with Crippen molar-refractivity contribution in [3.63, 3.8) is 0 Å². The van der Waals surface area contributed by atoms with Crippen LogP contribution < -0.4 is 10.5 Å². The Bertz CT molecular complexity index is 439. The molecule has 0 radical (unpaired) electrons. The largest absolute Gasteiger partial charge is 0.491 e. The molecule has 0 aromatic heterocycles. The van der Waals surface area contributed by atoms with Crippen LogP contribution in [0.1, 0.15) is 12.0 Å². The van der Waals surface area contributed by atoms with Crippen molar-refractivity contribution in [3.8, 4) is 5.75 Å². The number of benzene rings is 1. The van der Waals surface area contributed by atoms with Gasteiger partial charge in [-0.25, -0.2) is 0 Å². The van der Waals surface area contributed by atoms with Gasteiger partial charge < -0.3 is 30.5 Å². The Hall–Kier alpha value is -1.67. The van der Waals surface area contributed by atoms with Crippen LogP contribution in [0.3, 0.4) is 0 Å². The minimum atomic E-state index is -1.04. The van der Waals surface area contributed by atoms with E-state index in [9.17, 15) is 9.90 Å². The Balaban J connectivity index is 2.34. The number of aliphatic carboxylic acids is 1. The van der Waals surface area contributed by atoms with Crippen LogP contribution in [-0.2, 0) is 16.1 Å². The van der Waals surface area contributed by atoms with E-state index in [2.05, 4.69) is 0 Å². The van der Waals surface area contributed by atoms with Crippen molar-refractivity contribution >= 4 is 5.97 Å². The topological polar surface area (TPSA) is 122 Å². The van der Waals surface area contributed by atoms with Gasteiger partial charge in [-0.05, 0) is 24.1 Å². The molecule has 1 aromatic rings. The third-order valence-corrected chi connectivity index (χ3v) is 2.71. The molecule has 0 aliphatic rings. The molecule has 5 N–H and O–H groups in total. The minimum absolute atomic E-state index is 0.00821. The van der Waals surface area contributed by atoms with E-state index in [0.717, 1.165) is 5.56 Å². The number of carboxylic acid groups (broad SMARTS) is 1. The van der Waals surface area contributed by atoms with Gasteiger partial charge in [-0.3, -0.25) is 4.79 Å². The molecule has 0 spiro atoms. The van der Waals surface area contributed by atoms with E-state index >= 15 is 0 Å². The van der Waals surface area contributed by atoms with Crippen LogP contribution in [0.2, 0.25) is 0 Å². The Morgan fingerprint density at radius 1 is 1.38 bits per heavy atom. The van der Waals surface area contributed by atoms with Gasteiger partial charge in [-0.2, -0.15) is 0 Å². The zero-order valence-electron chi connectivity index (χ0n) is 11.6. The second-order valence-electron chi connectivity index (χ2n) is 4.58. The van der Waals surface area contributed by atoms with Gasteiger partial charge in [0, 0.05) is 6.61 Å². The molecule has 0 bridgehead atoms. The predicted molar refractivity (Wildman–Crippen MR) is 74.9 cm³/mol. The van der Waals surface area contributed by atoms with Gasteiger partial charge in [-0.15, -0.1) is 0 Å². The van der Waals surface area contributed by atoms with Crippen molar-refractivity contribution in [3.05, 3.63) is 29.8 Å². The van der Waals surface area contributed by atoms with Gasteiger partial charge in [0.2, 0.25) is 0 Å². The van der Waals surface area contributed by atoms with Gasteiger partial charge in [0.1, 0.15) is 24.5 Å². The second-order valence-corrected chi connectivity index (χ2v) is 4.58. The first-order valence-electron chi connectivity index (χ1n) is 6.59. The summed E-state index contributed by atoms with van der Waals surface area (Å²) in [5.74, 6) is -0.484. The maximum atomic E-state index is 10.5. The van der Waals surface area contributed by atoms with Crippen LogP contribution in [0.25, 0.3) is 0 Å². The van der Waals surface area contributed by atoms with Crippen LogP contribution in [0, 0.1) is 0 Å². The first kappa shape index (κ1) is 17.4. The van der Waals surface area contributed by atoms with E-state index in [1.54, 1.807) is 18.2 Å². The quantitative estimate of drug-likeness (QED) is 0.439. The summed E-state index contributed by atoms with van der Waals surface area (Å²) in [5.41, 5.74) is 6.21. The summed E-state index contributed by atoms with van der Waals surface area (Å²) in [5, 5.41) is 26.5. The van der Waals surface area contributed by atoms with Crippen molar-refractivity contribution in [1.82, 2.24) is 0 Å². The van der Waals surface area contributed by atoms with Crippen molar-refractivity contribution in [2.45, 2.75) is 25.2 Å². The molecule has 0 saturated carbocycles. The lowest BCUT2D eigenvalue weighted by Gasteiger charge is -2.11. The monoisotopic (exact) mass is 299 g/mol. The number of aliphatic hydroxyl groups excluding tert-OH is 2. The number of hydrogen-bond acceptors (Lipinski definition) is 6. The molecular weight excluding hydrogens is 278 g/mol. The van der Waals surface area contributed by atoms with E-state index in [4.69, 9.17) is 25.4 Å². The van der Waals surface area contributed by atoms with Crippen LogP contribution >= 0.6 is 0 Å². The number of carboxylic acids is 1. The number of carbonyl (C=O) groups is 1. The average molecular weight is 299 g/mol. The lowest BCUT2D eigenvalue weighted by Crippen LogP contribution is -2.31. The lowest BCUT2D eigenvalue weighted by molar-refractivity contribution is -0.139. The molecule has 0 fully saturated rings. The highest BCUT2D eigenvalue weighted by molar-refractivity contribution is 5.72. The summed E-state index contributed by atoms with van der Waals surface area (Å²) < 4.78 is 10.7. The molecule has 0 heterocycles. The zero-order valence-corrected chi connectivity index (χ0v) is 11.6. The normalized spacial score (nSPS) is 13.7. The molecule has 2 unspecified atom stereocenters. The third-order valence-electron chi connectivity index (χ3n) is 2.71. The maximum absolute atomic E-state index is 10.5.